The van der Waals surface area contributed by atoms with Crippen molar-refractivity contribution in [2.24, 2.45) is 0 Å². The van der Waals surface area contributed by atoms with Gasteiger partial charge in [-0.25, -0.2) is 0 Å². The molecule has 1 unspecified atom stereocenters. The standard InChI is InChI=1S/C25H23ClN2O3S/c1-16-7-4-5-8-17(16)14-27-20-11-10-18(26)13-19(20)25(23(27)30)28(15-24(2,3)32-25)22(29)21-9-6-12-31-21/h4-13H,14-15H2,1-3H3. The van der Waals surface area contributed by atoms with E-state index in [1.54, 1.807) is 28.0 Å². The molecule has 3 aromatic rings. The summed E-state index contributed by atoms with van der Waals surface area (Å²) in [4.78, 5) is 30.0. The topological polar surface area (TPSA) is 53.8 Å². The molecule has 7 heteroatoms. The fourth-order valence-electron chi connectivity index (χ4n) is 4.62. The van der Waals surface area contributed by atoms with Crippen molar-refractivity contribution in [1.82, 2.24) is 4.90 Å². The third kappa shape index (κ3) is 3.16. The molecule has 1 saturated heterocycles. The summed E-state index contributed by atoms with van der Waals surface area (Å²) in [7, 11) is 0. The number of hydrogen-bond acceptors (Lipinski definition) is 4. The number of nitrogens with zero attached hydrogens (tertiary/aromatic N) is 2. The van der Waals surface area contributed by atoms with Gasteiger partial charge < -0.3 is 14.2 Å². The molecule has 0 aliphatic carbocycles. The summed E-state index contributed by atoms with van der Waals surface area (Å²) in [6, 6.07) is 16.8. The van der Waals surface area contributed by atoms with Gasteiger partial charge in [-0.05, 0) is 62.2 Å². The first kappa shape index (κ1) is 21.2. The quantitative estimate of drug-likeness (QED) is 0.503. The zero-order chi connectivity index (χ0) is 22.7. The summed E-state index contributed by atoms with van der Waals surface area (Å²) in [5.41, 5.74) is 3.70. The van der Waals surface area contributed by atoms with Gasteiger partial charge in [-0.2, -0.15) is 0 Å². The molecule has 164 valence electrons. The Kier molecular flexibility index (Phi) is 4.91. The van der Waals surface area contributed by atoms with Crippen LogP contribution >= 0.6 is 23.4 Å². The number of fused-ring (bicyclic) bond motifs is 2. The number of carbonyl (C=O) groups excluding carboxylic acids is 2. The van der Waals surface area contributed by atoms with Gasteiger partial charge in [0.2, 0.25) is 0 Å². The Morgan fingerprint density at radius 2 is 1.94 bits per heavy atom. The maximum absolute atomic E-state index is 14.2. The van der Waals surface area contributed by atoms with Gasteiger partial charge in [-0.15, -0.1) is 11.8 Å². The lowest BCUT2D eigenvalue weighted by Gasteiger charge is -2.32. The Hall–Kier alpha value is -2.70. The van der Waals surface area contributed by atoms with E-state index in [9.17, 15) is 9.59 Å². The second-order valence-corrected chi connectivity index (χ2v) is 11.2. The van der Waals surface area contributed by atoms with E-state index >= 15 is 0 Å². The molecule has 5 nitrogen and oxygen atoms in total. The number of anilines is 1. The van der Waals surface area contributed by atoms with Gasteiger partial charge in [0.05, 0.1) is 18.5 Å². The molecule has 2 aliphatic rings. The fraction of sp³-hybridized carbons (Fsp3) is 0.280. The zero-order valence-corrected chi connectivity index (χ0v) is 19.7. The molecule has 3 heterocycles. The van der Waals surface area contributed by atoms with Gasteiger partial charge in [0.15, 0.2) is 10.6 Å². The molecule has 2 amide bonds. The van der Waals surface area contributed by atoms with Crippen LogP contribution in [0.2, 0.25) is 5.02 Å². The van der Waals surface area contributed by atoms with Crippen LogP contribution in [0.3, 0.4) is 0 Å². The van der Waals surface area contributed by atoms with Gasteiger partial charge in [-0.3, -0.25) is 9.59 Å². The van der Waals surface area contributed by atoms with Crippen molar-refractivity contribution in [1.29, 1.82) is 0 Å². The SMILES string of the molecule is Cc1ccccc1CN1C(=O)C2(SC(C)(C)CN2C(=O)c2ccco2)c2cc(Cl)ccc21. The molecule has 1 spiro atoms. The monoisotopic (exact) mass is 466 g/mol. The summed E-state index contributed by atoms with van der Waals surface area (Å²) >= 11 is 7.91. The van der Waals surface area contributed by atoms with Crippen molar-refractivity contribution >= 4 is 40.9 Å². The predicted octanol–water partition coefficient (Wildman–Crippen LogP) is 5.61. The molecule has 2 aliphatic heterocycles. The number of halogens is 1. The van der Waals surface area contributed by atoms with Gasteiger partial charge in [-0.1, -0.05) is 35.9 Å². The number of carbonyl (C=O) groups is 2. The first-order chi connectivity index (χ1) is 15.2. The molecule has 1 fully saturated rings. The molecule has 0 saturated carbocycles. The van der Waals surface area contributed by atoms with Crippen molar-refractivity contribution in [3.63, 3.8) is 0 Å². The summed E-state index contributed by atoms with van der Waals surface area (Å²) in [5.74, 6) is -0.213. The van der Waals surface area contributed by atoms with Crippen molar-refractivity contribution in [2.75, 3.05) is 11.4 Å². The van der Waals surface area contributed by atoms with Crippen LogP contribution in [0.4, 0.5) is 5.69 Å². The van der Waals surface area contributed by atoms with Gasteiger partial charge in [0.1, 0.15) is 0 Å². The maximum atomic E-state index is 14.2. The lowest BCUT2D eigenvalue weighted by molar-refractivity contribution is -0.123. The van der Waals surface area contributed by atoms with Crippen LogP contribution in [-0.2, 0) is 16.2 Å². The van der Waals surface area contributed by atoms with E-state index in [1.165, 1.54) is 18.0 Å². The molecule has 0 radical (unpaired) electrons. The van der Waals surface area contributed by atoms with Gasteiger partial charge in [0.25, 0.3) is 11.8 Å². The Morgan fingerprint density at radius 3 is 2.66 bits per heavy atom. The van der Waals surface area contributed by atoms with Crippen LogP contribution in [0.25, 0.3) is 0 Å². The first-order valence-corrected chi connectivity index (χ1v) is 11.6. The molecule has 2 aromatic carbocycles. The number of amides is 2. The number of hydrogen-bond donors (Lipinski definition) is 0. The van der Waals surface area contributed by atoms with E-state index in [2.05, 4.69) is 13.8 Å². The van der Waals surface area contributed by atoms with E-state index < -0.39 is 4.87 Å². The fourth-order valence-corrected chi connectivity index (χ4v) is 6.52. The third-order valence-corrected chi connectivity index (χ3v) is 7.89. The highest BCUT2D eigenvalue weighted by Crippen LogP contribution is 2.60. The summed E-state index contributed by atoms with van der Waals surface area (Å²) < 4.78 is 5.08. The highest BCUT2D eigenvalue weighted by molar-refractivity contribution is 8.02. The summed E-state index contributed by atoms with van der Waals surface area (Å²) in [6.45, 7) is 6.97. The summed E-state index contributed by atoms with van der Waals surface area (Å²) in [5, 5.41) is 0.532. The number of rotatable bonds is 3. The largest absolute Gasteiger partial charge is 0.459 e. The van der Waals surface area contributed by atoms with E-state index in [-0.39, 0.29) is 22.3 Å². The third-order valence-electron chi connectivity index (χ3n) is 6.06. The van der Waals surface area contributed by atoms with E-state index in [0.717, 1.165) is 22.4 Å². The Morgan fingerprint density at radius 1 is 1.16 bits per heavy atom. The molecule has 0 bridgehead atoms. The van der Waals surface area contributed by atoms with Gasteiger partial charge in [0, 0.05) is 21.9 Å². The van der Waals surface area contributed by atoms with Crippen molar-refractivity contribution < 1.29 is 14.0 Å². The Balaban J connectivity index is 1.67. The summed E-state index contributed by atoms with van der Waals surface area (Å²) in [6.07, 6.45) is 1.47. The van der Waals surface area contributed by atoms with E-state index in [4.69, 9.17) is 16.0 Å². The molecule has 1 atom stereocenters. The molecule has 0 N–H and O–H groups in total. The number of thioether (sulfide) groups is 1. The molecule has 1 aromatic heterocycles. The predicted molar refractivity (Wildman–Crippen MR) is 127 cm³/mol. The molecular formula is C25H23ClN2O3S. The van der Waals surface area contributed by atoms with Crippen molar-refractivity contribution in [3.05, 3.63) is 88.3 Å². The van der Waals surface area contributed by atoms with E-state index in [1.807, 2.05) is 43.3 Å². The first-order valence-electron chi connectivity index (χ1n) is 10.5. The van der Waals surface area contributed by atoms with Crippen molar-refractivity contribution in [3.8, 4) is 0 Å². The molecule has 5 rings (SSSR count). The zero-order valence-electron chi connectivity index (χ0n) is 18.1. The van der Waals surface area contributed by atoms with Crippen LogP contribution in [0.1, 0.15) is 41.1 Å². The molecule has 32 heavy (non-hydrogen) atoms. The highest BCUT2D eigenvalue weighted by Gasteiger charge is 2.64. The lowest BCUT2D eigenvalue weighted by atomic mass is 10.0. The average molecular weight is 467 g/mol. The highest BCUT2D eigenvalue weighted by atomic mass is 35.5. The number of furan rings is 1. The smallest absolute Gasteiger partial charge is 0.291 e. The number of aryl methyl sites for hydroxylation is 1. The Labute approximate surface area is 196 Å². The Bertz CT molecular complexity index is 1220. The van der Waals surface area contributed by atoms with Gasteiger partial charge >= 0.3 is 0 Å². The van der Waals surface area contributed by atoms with Crippen LogP contribution in [0, 0.1) is 6.92 Å². The normalized spacial score (nSPS) is 21.4. The minimum absolute atomic E-state index is 0.131. The van der Waals surface area contributed by atoms with E-state index in [0.29, 0.717) is 18.1 Å². The number of benzene rings is 2. The van der Waals surface area contributed by atoms with Crippen LogP contribution < -0.4 is 4.90 Å². The molecular weight excluding hydrogens is 444 g/mol. The van der Waals surface area contributed by atoms with Crippen LogP contribution in [0.15, 0.2) is 65.3 Å². The minimum atomic E-state index is -1.20. The second kappa shape index (κ2) is 7.42. The van der Waals surface area contributed by atoms with Crippen molar-refractivity contribution in [2.45, 2.75) is 36.9 Å². The maximum Gasteiger partial charge on any atom is 0.291 e. The lowest BCUT2D eigenvalue weighted by Crippen LogP contribution is -2.50. The minimum Gasteiger partial charge on any atom is -0.459 e. The second-order valence-electron chi connectivity index (χ2n) is 8.85. The van der Waals surface area contributed by atoms with Crippen LogP contribution in [-0.4, -0.2) is 28.0 Å². The average Bonchev–Trinajstić information content (AvgIpc) is 3.43. The van der Waals surface area contributed by atoms with Crippen LogP contribution in [0.5, 0.6) is 0 Å².